The maximum atomic E-state index is 12.0. The first-order chi connectivity index (χ1) is 10.9. The molecule has 0 amide bonds. The lowest BCUT2D eigenvalue weighted by Gasteiger charge is -2.09. The molecule has 0 N–H and O–H groups in total. The van der Waals surface area contributed by atoms with Gasteiger partial charge >= 0.3 is 0 Å². The number of halogens is 2. The zero-order valence-corrected chi connectivity index (χ0v) is 15.5. The number of rotatable bonds is 10. The fraction of sp³-hybridized carbons (Fsp3) is 0.529. The largest absolute Gasteiger partial charge is 0.396 e. The predicted octanol–water partition coefficient (Wildman–Crippen LogP) is 4.43. The summed E-state index contributed by atoms with van der Waals surface area (Å²) >= 11 is 12.0. The first-order valence-corrected chi connectivity index (χ1v) is 8.50. The zero-order valence-electron chi connectivity index (χ0n) is 13.9. The number of oxime groups is 1. The second kappa shape index (κ2) is 10.6. The van der Waals surface area contributed by atoms with Gasteiger partial charge < -0.3 is 9.74 Å². The van der Waals surface area contributed by atoms with Gasteiger partial charge in [-0.1, -0.05) is 34.4 Å². The van der Waals surface area contributed by atoms with Crippen molar-refractivity contribution < 1.29 is 9.63 Å². The summed E-state index contributed by atoms with van der Waals surface area (Å²) < 4.78 is 0. The minimum Gasteiger partial charge on any atom is -0.396 e. The average molecular weight is 359 g/mol. The molecule has 0 spiro atoms. The van der Waals surface area contributed by atoms with Crippen molar-refractivity contribution >= 4 is 34.7 Å². The van der Waals surface area contributed by atoms with Gasteiger partial charge in [0.05, 0.1) is 15.8 Å². The molecule has 0 saturated carbocycles. The van der Waals surface area contributed by atoms with E-state index in [2.05, 4.69) is 10.1 Å². The van der Waals surface area contributed by atoms with Gasteiger partial charge in [0.1, 0.15) is 12.4 Å². The average Bonchev–Trinajstić information content (AvgIpc) is 2.50. The predicted molar refractivity (Wildman–Crippen MR) is 96.7 cm³/mol. The Morgan fingerprint density at radius 3 is 2.52 bits per heavy atom. The molecule has 0 bridgehead atoms. The molecule has 128 valence electrons. The Kier molecular flexibility index (Phi) is 9.22. The summed E-state index contributed by atoms with van der Waals surface area (Å²) in [5.74, 6) is 0.233. The Morgan fingerprint density at radius 2 is 1.91 bits per heavy atom. The van der Waals surface area contributed by atoms with Crippen LogP contribution in [0.15, 0.2) is 23.4 Å². The van der Waals surface area contributed by atoms with E-state index in [0.29, 0.717) is 41.6 Å². The molecule has 0 atom stereocenters. The van der Waals surface area contributed by atoms with Crippen LogP contribution < -0.4 is 0 Å². The van der Waals surface area contributed by atoms with E-state index >= 15 is 0 Å². The molecule has 0 heterocycles. The van der Waals surface area contributed by atoms with Gasteiger partial charge in [-0.2, -0.15) is 0 Å². The van der Waals surface area contributed by atoms with Crippen LogP contribution in [0.3, 0.4) is 0 Å². The minimum absolute atomic E-state index is 0.233. The smallest absolute Gasteiger partial charge is 0.133 e. The van der Waals surface area contributed by atoms with Crippen molar-refractivity contribution in [2.24, 2.45) is 5.16 Å². The molecule has 23 heavy (non-hydrogen) atoms. The first kappa shape index (κ1) is 19.9. The van der Waals surface area contributed by atoms with Crippen molar-refractivity contribution in [3.63, 3.8) is 0 Å². The molecule has 0 aliphatic heterocycles. The van der Waals surface area contributed by atoms with Gasteiger partial charge in [-0.25, -0.2) is 0 Å². The number of carbonyl (C=O) groups excluding carboxylic acids is 1. The summed E-state index contributed by atoms with van der Waals surface area (Å²) in [6.45, 7) is 3.25. The molecular weight excluding hydrogens is 335 g/mol. The maximum absolute atomic E-state index is 12.0. The van der Waals surface area contributed by atoms with Crippen LogP contribution in [0.2, 0.25) is 10.0 Å². The molecule has 6 heteroatoms. The molecular formula is C17H24Cl2N2O2. The lowest BCUT2D eigenvalue weighted by atomic mass is 10.0. The van der Waals surface area contributed by atoms with Crippen molar-refractivity contribution in [3.05, 3.63) is 33.8 Å². The summed E-state index contributed by atoms with van der Waals surface area (Å²) in [6, 6.07) is 5.31. The van der Waals surface area contributed by atoms with E-state index in [9.17, 15) is 4.79 Å². The van der Waals surface area contributed by atoms with Gasteiger partial charge in [0.15, 0.2) is 0 Å². The van der Waals surface area contributed by atoms with Crippen LogP contribution in [0.5, 0.6) is 0 Å². The number of Topliss-reactive ketones (excluding diaryl/α,β-unsaturated/α-hetero) is 1. The highest BCUT2D eigenvalue weighted by Crippen LogP contribution is 2.24. The van der Waals surface area contributed by atoms with Gasteiger partial charge in [0.2, 0.25) is 0 Å². The summed E-state index contributed by atoms with van der Waals surface area (Å²) in [4.78, 5) is 19.2. The van der Waals surface area contributed by atoms with E-state index in [1.807, 2.05) is 27.1 Å². The van der Waals surface area contributed by atoms with Crippen LogP contribution in [-0.2, 0) is 9.63 Å². The normalized spacial score (nSPS) is 11.8. The van der Waals surface area contributed by atoms with Gasteiger partial charge in [0, 0.05) is 24.8 Å². The van der Waals surface area contributed by atoms with E-state index in [4.69, 9.17) is 28.0 Å². The molecule has 0 radical (unpaired) electrons. The van der Waals surface area contributed by atoms with Crippen LogP contribution in [-0.4, -0.2) is 43.6 Å². The van der Waals surface area contributed by atoms with Crippen molar-refractivity contribution in [1.82, 2.24) is 4.90 Å². The summed E-state index contributed by atoms with van der Waals surface area (Å²) in [5.41, 5.74) is 1.54. The lowest BCUT2D eigenvalue weighted by Crippen LogP contribution is -2.14. The maximum Gasteiger partial charge on any atom is 0.133 e. The second-order valence-electron chi connectivity index (χ2n) is 5.53. The Morgan fingerprint density at radius 1 is 1.17 bits per heavy atom. The fourth-order valence-corrected chi connectivity index (χ4v) is 2.33. The fourth-order valence-electron chi connectivity index (χ4n) is 2.04. The van der Waals surface area contributed by atoms with E-state index in [1.54, 1.807) is 12.1 Å². The van der Waals surface area contributed by atoms with Crippen molar-refractivity contribution in [3.8, 4) is 0 Å². The van der Waals surface area contributed by atoms with E-state index in [1.165, 1.54) is 0 Å². The highest BCUT2D eigenvalue weighted by Gasteiger charge is 2.11. The second-order valence-corrected chi connectivity index (χ2v) is 6.34. The number of hydrogen-bond donors (Lipinski definition) is 0. The topological polar surface area (TPSA) is 41.9 Å². The van der Waals surface area contributed by atoms with Crippen molar-refractivity contribution in [1.29, 1.82) is 0 Å². The van der Waals surface area contributed by atoms with Gasteiger partial charge in [-0.15, -0.1) is 0 Å². The third kappa shape index (κ3) is 7.82. The number of ketones is 1. The summed E-state index contributed by atoms with van der Waals surface area (Å²) in [6.07, 6.45) is 2.43. The zero-order chi connectivity index (χ0) is 17.2. The molecule has 0 aliphatic carbocycles. The van der Waals surface area contributed by atoms with Crippen molar-refractivity contribution in [2.45, 2.75) is 32.6 Å². The molecule has 1 aromatic carbocycles. The Labute approximate surface area is 148 Å². The van der Waals surface area contributed by atoms with E-state index < -0.39 is 0 Å². The Balaban J connectivity index is 2.65. The van der Waals surface area contributed by atoms with Crippen LogP contribution >= 0.6 is 23.2 Å². The summed E-state index contributed by atoms with van der Waals surface area (Å²) in [7, 11) is 4.00. The molecule has 0 saturated heterocycles. The first-order valence-electron chi connectivity index (χ1n) is 7.74. The quantitative estimate of drug-likeness (QED) is 0.459. The van der Waals surface area contributed by atoms with Crippen molar-refractivity contribution in [2.75, 3.05) is 27.2 Å². The minimum atomic E-state index is 0.233. The number of carbonyl (C=O) groups is 1. The standard InChI is InChI=1S/C17H24Cl2N2O2/c1-4-23-20-17(13-7-9-15(18)16(19)12-13)10-8-14(22)6-5-11-21(2)3/h7,9,12H,4-6,8,10-11H2,1-3H3. The van der Waals surface area contributed by atoms with Gasteiger partial charge in [-0.05, 0) is 46.1 Å². The van der Waals surface area contributed by atoms with E-state index in [0.717, 1.165) is 18.5 Å². The van der Waals surface area contributed by atoms with E-state index in [-0.39, 0.29) is 5.78 Å². The number of hydrogen-bond acceptors (Lipinski definition) is 4. The molecule has 0 unspecified atom stereocenters. The number of nitrogens with zero attached hydrogens (tertiary/aromatic N) is 2. The third-order valence-corrected chi connectivity index (χ3v) is 4.00. The van der Waals surface area contributed by atoms with Crippen LogP contribution in [0, 0.1) is 0 Å². The van der Waals surface area contributed by atoms with Gasteiger partial charge in [0.25, 0.3) is 0 Å². The highest BCUT2D eigenvalue weighted by atomic mass is 35.5. The molecule has 0 aliphatic rings. The number of benzene rings is 1. The van der Waals surface area contributed by atoms with Crippen LogP contribution in [0.4, 0.5) is 0 Å². The molecule has 4 nitrogen and oxygen atoms in total. The highest BCUT2D eigenvalue weighted by molar-refractivity contribution is 6.42. The van der Waals surface area contributed by atoms with Crippen LogP contribution in [0.25, 0.3) is 0 Å². The SMILES string of the molecule is CCON=C(CCC(=O)CCCN(C)C)c1ccc(Cl)c(Cl)c1. The molecule has 0 aromatic heterocycles. The molecule has 1 aromatic rings. The summed E-state index contributed by atoms with van der Waals surface area (Å²) in [5, 5.41) is 5.07. The monoisotopic (exact) mass is 358 g/mol. The lowest BCUT2D eigenvalue weighted by molar-refractivity contribution is -0.119. The Hall–Kier alpha value is -1.10. The van der Waals surface area contributed by atoms with Crippen LogP contribution in [0.1, 0.15) is 38.2 Å². The van der Waals surface area contributed by atoms with Gasteiger partial charge in [-0.3, -0.25) is 4.79 Å². The molecule has 0 fully saturated rings. The Bertz CT molecular complexity index is 545. The third-order valence-electron chi connectivity index (χ3n) is 3.26. The molecule has 1 rings (SSSR count).